The second-order valence-electron chi connectivity index (χ2n) is 6.15. The highest BCUT2D eigenvalue weighted by Crippen LogP contribution is 2.36. The first kappa shape index (κ1) is 15.1. The minimum absolute atomic E-state index is 0.672. The summed E-state index contributed by atoms with van der Waals surface area (Å²) >= 11 is 3.66. The van der Waals surface area contributed by atoms with E-state index in [0.717, 1.165) is 23.1 Å². The van der Waals surface area contributed by atoms with E-state index in [1.54, 1.807) is 21.8 Å². The lowest BCUT2D eigenvalue weighted by atomic mass is 10.1. The van der Waals surface area contributed by atoms with Crippen molar-refractivity contribution >= 4 is 22.7 Å². The summed E-state index contributed by atoms with van der Waals surface area (Å²) in [7, 11) is 0. The molecular weight excluding hydrogens is 298 g/mol. The summed E-state index contributed by atoms with van der Waals surface area (Å²) in [6, 6.07) is 2.36. The van der Waals surface area contributed by atoms with Crippen molar-refractivity contribution in [2.45, 2.75) is 52.5 Å². The first-order valence-electron chi connectivity index (χ1n) is 7.87. The lowest BCUT2D eigenvalue weighted by Gasteiger charge is -2.03. The Bertz CT molecular complexity index is 563. The highest BCUT2D eigenvalue weighted by atomic mass is 32.1. The third-order valence-corrected chi connectivity index (χ3v) is 6.08. The Morgan fingerprint density at radius 2 is 2.00 bits per heavy atom. The number of thiophene rings is 1. The van der Waals surface area contributed by atoms with Gasteiger partial charge in [0.15, 0.2) is 5.01 Å². The normalized spacial score (nSPS) is 15.2. The number of hydrogen-bond acceptors (Lipinski definition) is 5. The van der Waals surface area contributed by atoms with E-state index in [-0.39, 0.29) is 0 Å². The molecule has 2 heterocycles. The first-order valence-corrected chi connectivity index (χ1v) is 9.50. The van der Waals surface area contributed by atoms with Crippen LogP contribution in [-0.4, -0.2) is 16.7 Å². The Morgan fingerprint density at radius 1 is 1.14 bits per heavy atom. The molecule has 1 N–H and O–H groups in total. The number of aromatic nitrogens is 2. The molecule has 21 heavy (non-hydrogen) atoms. The Morgan fingerprint density at radius 3 is 2.86 bits per heavy atom. The maximum atomic E-state index is 4.39. The summed E-state index contributed by atoms with van der Waals surface area (Å²) in [6.07, 6.45) is 6.55. The second kappa shape index (κ2) is 6.99. The fraction of sp³-hybridized carbons (Fsp3) is 0.625. The van der Waals surface area contributed by atoms with E-state index in [1.807, 2.05) is 11.3 Å². The van der Waals surface area contributed by atoms with Gasteiger partial charge in [0.05, 0.1) is 4.88 Å². The van der Waals surface area contributed by atoms with Crippen LogP contribution in [0.3, 0.4) is 0 Å². The molecule has 0 aliphatic heterocycles. The molecular formula is C16H23N3S2. The summed E-state index contributed by atoms with van der Waals surface area (Å²) < 4.78 is 0. The fourth-order valence-electron chi connectivity index (χ4n) is 2.67. The van der Waals surface area contributed by atoms with E-state index in [1.165, 1.54) is 37.0 Å². The molecule has 0 fully saturated rings. The van der Waals surface area contributed by atoms with Crippen molar-refractivity contribution in [3.05, 3.63) is 21.5 Å². The molecule has 2 aromatic rings. The third-order valence-electron chi connectivity index (χ3n) is 3.75. The molecule has 0 radical (unpaired) electrons. The smallest absolute Gasteiger partial charge is 0.157 e. The van der Waals surface area contributed by atoms with Crippen LogP contribution in [0.1, 0.15) is 48.6 Å². The monoisotopic (exact) mass is 321 g/mol. The minimum Gasteiger partial charge on any atom is -0.310 e. The number of fused-ring (bicyclic) bond motifs is 1. The van der Waals surface area contributed by atoms with Gasteiger partial charge in [0.2, 0.25) is 0 Å². The van der Waals surface area contributed by atoms with Crippen LogP contribution in [0, 0.1) is 5.92 Å². The van der Waals surface area contributed by atoms with Crippen LogP contribution in [0.4, 0.5) is 0 Å². The molecule has 114 valence electrons. The molecule has 1 aliphatic rings. The molecule has 0 unspecified atom stereocenters. The molecule has 2 aromatic heterocycles. The standard InChI is InChI=1S/C16H23N3S2/c1-11(2)9-17-10-15-18-19-16(21-15)14-8-12-6-4-3-5-7-13(12)20-14/h8,11,17H,3-7,9-10H2,1-2H3. The average molecular weight is 322 g/mol. The predicted molar refractivity (Wildman–Crippen MR) is 91.0 cm³/mol. The quantitative estimate of drug-likeness (QED) is 0.835. The molecule has 0 aromatic carbocycles. The van der Waals surface area contributed by atoms with E-state index in [4.69, 9.17) is 0 Å². The summed E-state index contributed by atoms with van der Waals surface area (Å²) in [5, 5.41) is 14.3. The topological polar surface area (TPSA) is 37.8 Å². The average Bonchev–Trinajstić information content (AvgIpc) is 3.01. The lowest BCUT2D eigenvalue weighted by Crippen LogP contribution is -2.18. The zero-order valence-corrected chi connectivity index (χ0v) is 14.4. The lowest BCUT2D eigenvalue weighted by molar-refractivity contribution is 0.550. The van der Waals surface area contributed by atoms with Crippen molar-refractivity contribution in [2.24, 2.45) is 5.92 Å². The van der Waals surface area contributed by atoms with Gasteiger partial charge in [0.1, 0.15) is 5.01 Å². The van der Waals surface area contributed by atoms with Gasteiger partial charge in [0.25, 0.3) is 0 Å². The van der Waals surface area contributed by atoms with E-state index < -0.39 is 0 Å². The van der Waals surface area contributed by atoms with Crippen LogP contribution in [0.5, 0.6) is 0 Å². The van der Waals surface area contributed by atoms with Crippen LogP contribution in [-0.2, 0) is 19.4 Å². The summed E-state index contributed by atoms with van der Waals surface area (Å²) in [6.45, 7) is 6.30. The van der Waals surface area contributed by atoms with Crippen molar-refractivity contribution in [3.8, 4) is 9.88 Å². The Balaban J connectivity index is 1.68. The van der Waals surface area contributed by atoms with Crippen molar-refractivity contribution in [1.82, 2.24) is 15.5 Å². The van der Waals surface area contributed by atoms with Crippen molar-refractivity contribution in [2.75, 3.05) is 6.54 Å². The summed E-state index contributed by atoms with van der Waals surface area (Å²) in [5.41, 5.74) is 1.56. The van der Waals surface area contributed by atoms with Crippen LogP contribution < -0.4 is 5.32 Å². The van der Waals surface area contributed by atoms with Crippen LogP contribution >= 0.6 is 22.7 Å². The van der Waals surface area contributed by atoms with Gasteiger partial charge in [-0.3, -0.25) is 0 Å². The third kappa shape index (κ3) is 3.90. The molecule has 3 rings (SSSR count). The van der Waals surface area contributed by atoms with Gasteiger partial charge in [-0.05, 0) is 49.8 Å². The van der Waals surface area contributed by atoms with Gasteiger partial charge >= 0.3 is 0 Å². The van der Waals surface area contributed by atoms with Crippen molar-refractivity contribution in [3.63, 3.8) is 0 Å². The first-order chi connectivity index (χ1) is 10.2. The Hall–Kier alpha value is -0.780. The number of hydrogen-bond donors (Lipinski definition) is 1. The maximum absolute atomic E-state index is 4.39. The molecule has 0 saturated heterocycles. The number of nitrogens with one attached hydrogen (secondary N) is 1. The molecule has 3 nitrogen and oxygen atoms in total. The molecule has 0 saturated carbocycles. The molecule has 0 bridgehead atoms. The molecule has 0 amide bonds. The minimum atomic E-state index is 0.672. The predicted octanol–water partition coefficient (Wildman–Crippen LogP) is 4.28. The Labute approximate surface area is 134 Å². The van der Waals surface area contributed by atoms with Crippen LogP contribution in [0.25, 0.3) is 9.88 Å². The molecule has 1 aliphatic carbocycles. The van der Waals surface area contributed by atoms with E-state index in [0.29, 0.717) is 5.92 Å². The zero-order valence-electron chi connectivity index (χ0n) is 12.8. The maximum Gasteiger partial charge on any atom is 0.157 e. The fourth-order valence-corrected chi connectivity index (χ4v) is 4.77. The van der Waals surface area contributed by atoms with Gasteiger partial charge in [-0.1, -0.05) is 31.6 Å². The highest BCUT2D eigenvalue weighted by Gasteiger charge is 2.15. The molecule has 0 spiro atoms. The van der Waals surface area contributed by atoms with E-state index in [9.17, 15) is 0 Å². The SMILES string of the molecule is CC(C)CNCc1nnc(-c2cc3c(s2)CCCCC3)s1. The second-order valence-corrected chi connectivity index (χ2v) is 8.34. The number of nitrogens with zero attached hydrogens (tertiary/aromatic N) is 2. The van der Waals surface area contributed by atoms with Crippen LogP contribution in [0.2, 0.25) is 0 Å². The van der Waals surface area contributed by atoms with Gasteiger partial charge < -0.3 is 5.32 Å². The molecule has 0 atom stereocenters. The number of rotatable bonds is 5. The van der Waals surface area contributed by atoms with Gasteiger partial charge in [0, 0.05) is 11.4 Å². The number of aryl methyl sites for hydroxylation is 2. The zero-order chi connectivity index (χ0) is 14.7. The van der Waals surface area contributed by atoms with Gasteiger partial charge in [-0.15, -0.1) is 21.5 Å². The van der Waals surface area contributed by atoms with Crippen LogP contribution in [0.15, 0.2) is 6.07 Å². The van der Waals surface area contributed by atoms with Gasteiger partial charge in [-0.25, -0.2) is 0 Å². The Kier molecular flexibility index (Phi) is 5.03. The summed E-state index contributed by atoms with van der Waals surface area (Å²) in [5.74, 6) is 0.672. The van der Waals surface area contributed by atoms with Crippen molar-refractivity contribution in [1.29, 1.82) is 0 Å². The highest BCUT2D eigenvalue weighted by molar-refractivity contribution is 7.21. The van der Waals surface area contributed by atoms with E-state index >= 15 is 0 Å². The molecule has 5 heteroatoms. The largest absolute Gasteiger partial charge is 0.310 e. The van der Waals surface area contributed by atoms with Crippen molar-refractivity contribution < 1.29 is 0 Å². The van der Waals surface area contributed by atoms with Gasteiger partial charge in [-0.2, -0.15) is 0 Å². The van der Waals surface area contributed by atoms with E-state index in [2.05, 4.69) is 35.4 Å². The summed E-state index contributed by atoms with van der Waals surface area (Å²) in [4.78, 5) is 2.90.